The monoisotopic (exact) mass is 381 g/mol. The van der Waals surface area contributed by atoms with E-state index in [1.54, 1.807) is 0 Å². The van der Waals surface area contributed by atoms with Crippen molar-refractivity contribution in [2.24, 2.45) is 0 Å². The Morgan fingerprint density at radius 1 is 1.11 bits per heavy atom. The van der Waals surface area contributed by atoms with Crippen molar-refractivity contribution in [3.05, 3.63) is 46.3 Å². The first-order valence-corrected chi connectivity index (χ1v) is 10.6. The van der Waals surface area contributed by atoms with Crippen molar-refractivity contribution in [2.75, 3.05) is 19.6 Å². The molecule has 6 nitrogen and oxygen atoms in total. The van der Waals surface area contributed by atoms with Crippen LogP contribution in [0, 0.1) is 20.8 Å². The van der Waals surface area contributed by atoms with Gasteiger partial charge in [0.15, 0.2) is 5.69 Å². The number of nitrogens with one attached hydrogen (secondary N) is 1. The fourth-order valence-corrected chi connectivity index (χ4v) is 4.71. The maximum Gasteiger partial charge on any atom is 0.276 e. The Morgan fingerprint density at radius 3 is 2.68 bits per heavy atom. The Morgan fingerprint density at radius 2 is 1.89 bits per heavy atom. The molecule has 6 heteroatoms. The van der Waals surface area contributed by atoms with Gasteiger partial charge in [-0.2, -0.15) is 0 Å². The quantitative estimate of drug-likeness (QED) is 0.884. The summed E-state index contributed by atoms with van der Waals surface area (Å²) >= 11 is 0. The number of aryl methyl sites for hydroxylation is 1. The Hall–Kier alpha value is -2.21. The van der Waals surface area contributed by atoms with E-state index in [4.69, 9.17) is 0 Å². The maximum absolute atomic E-state index is 13.5. The van der Waals surface area contributed by atoms with E-state index in [1.807, 2.05) is 16.5 Å². The molecule has 1 unspecified atom stereocenters. The van der Waals surface area contributed by atoms with E-state index in [0.717, 1.165) is 57.4 Å². The fraction of sp³-hybridized carbons (Fsp3) is 0.591. The van der Waals surface area contributed by atoms with Crippen molar-refractivity contribution < 1.29 is 4.79 Å². The third-order valence-corrected chi connectivity index (χ3v) is 6.55. The van der Waals surface area contributed by atoms with Gasteiger partial charge in [0.25, 0.3) is 5.91 Å². The molecule has 1 aromatic carbocycles. The minimum absolute atomic E-state index is 0.0308. The van der Waals surface area contributed by atoms with Gasteiger partial charge in [-0.15, -0.1) is 5.10 Å². The van der Waals surface area contributed by atoms with E-state index in [9.17, 15) is 4.79 Å². The smallest absolute Gasteiger partial charge is 0.276 e. The molecule has 0 bridgehead atoms. The van der Waals surface area contributed by atoms with Crippen molar-refractivity contribution in [1.82, 2.24) is 25.2 Å². The summed E-state index contributed by atoms with van der Waals surface area (Å²) in [5, 5.41) is 12.1. The van der Waals surface area contributed by atoms with Gasteiger partial charge in [-0.25, -0.2) is 4.68 Å². The van der Waals surface area contributed by atoms with Gasteiger partial charge in [-0.05, 0) is 82.7 Å². The normalized spacial score (nSPS) is 21.1. The second-order valence-corrected chi connectivity index (χ2v) is 8.25. The second kappa shape index (κ2) is 8.03. The number of hydrogen-bond donors (Lipinski definition) is 1. The molecule has 150 valence electrons. The van der Waals surface area contributed by atoms with E-state index in [-0.39, 0.29) is 11.9 Å². The van der Waals surface area contributed by atoms with Crippen LogP contribution in [-0.2, 0) is 0 Å². The van der Waals surface area contributed by atoms with E-state index < -0.39 is 0 Å². The Bertz CT molecular complexity index is 853. The molecule has 2 fully saturated rings. The van der Waals surface area contributed by atoms with E-state index in [0.29, 0.717) is 11.7 Å². The summed E-state index contributed by atoms with van der Waals surface area (Å²) < 4.78 is 1.98. The SMILES string of the molecule is Cc1cccc(C2CCCCN2C(=O)c2nnn(C3CCNCC3)c2C)c1C. The first-order valence-electron chi connectivity index (χ1n) is 10.6. The van der Waals surface area contributed by atoms with Gasteiger partial charge in [0, 0.05) is 6.54 Å². The fourth-order valence-electron chi connectivity index (χ4n) is 4.71. The summed E-state index contributed by atoms with van der Waals surface area (Å²) in [5.41, 5.74) is 5.28. The molecule has 1 aromatic heterocycles. The van der Waals surface area contributed by atoms with Crippen LogP contribution in [0.1, 0.15) is 77.1 Å². The van der Waals surface area contributed by atoms with Crippen LogP contribution in [0.3, 0.4) is 0 Å². The van der Waals surface area contributed by atoms with Crippen molar-refractivity contribution in [3.63, 3.8) is 0 Å². The predicted octanol–water partition coefficient (Wildman–Crippen LogP) is 3.50. The molecule has 0 radical (unpaired) electrons. The Labute approximate surface area is 167 Å². The average Bonchev–Trinajstić information content (AvgIpc) is 3.11. The molecule has 2 saturated heterocycles. The number of hydrogen-bond acceptors (Lipinski definition) is 4. The highest BCUT2D eigenvalue weighted by atomic mass is 16.2. The lowest BCUT2D eigenvalue weighted by Crippen LogP contribution is -2.39. The first-order chi connectivity index (χ1) is 13.6. The zero-order chi connectivity index (χ0) is 19.7. The molecule has 28 heavy (non-hydrogen) atoms. The molecule has 0 aliphatic carbocycles. The molecule has 2 aliphatic heterocycles. The van der Waals surface area contributed by atoms with Gasteiger partial charge < -0.3 is 10.2 Å². The Balaban J connectivity index is 1.62. The van der Waals surface area contributed by atoms with E-state index >= 15 is 0 Å². The molecule has 1 atom stereocenters. The van der Waals surface area contributed by atoms with Crippen molar-refractivity contribution in [2.45, 2.75) is 65.0 Å². The lowest BCUT2D eigenvalue weighted by Gasteiger charge is -2.36. The summed E-state index contributed by atoms with van der Waals surface area (Å²) in [5.74, 6) is 0.0308. The summed E-state index contributed by atoms with van der Waals surface area (Å²) in [6.07, 6.45) is 5.29. The summed E-state index contributed by atoms with van der Waals surface area (Å²) in [4.78, 5) is 15.5. The maximum atomic E-state index is 13.5. The minimum atomic E-state index is 0.0308. The van der Waals surface area contributed by atoms with Gasteiger partial charge in [0.2, 0.25) is 0 Å². The molecule has 3 heterocycles. The lowest BCUT2D eigenvalue weighted by atomic mass is 9.90. The molecule has 2 aromatic rings. The summed E-state index contributed by atoms with van der Waals surface area (Å²) in [7, 11) is 0. The van der Waals surface area contributed by atoms with Crippen molar-refractivity contribution in [1.29, 1.82) is 0 Å². The highest BCUT2D eigenvalue weighted by molar-refractivity contribution is 5.93. The lowest BCUT2D eigenvalue weighted by molar-refractivity contribution is 0.0603. The van der Waals surface area contributed by atoms with Crippen LogP contribution in [0.5, 0.6) is 0 Å². The summed E-state index contributed by atoms with van der Waals surface area (Å²) in [6, 6.07) is 6.89. The minimum Gasteiger partial charge on any atom is -0.330 e. The highest BCUT2D eigenvalue weighted by Crippen LogP contribution is 2.35. The van der Waals surface area contributed by atoms with Crippen molar-refractivity contribution >= 4 is 5.91 Å². The van der Waals surface area contributed by atoms with Crippen LogP contribution in [0.4, 0.5) is 0 Å². The number of carbonyl (C=O) groups is 1. The van der Waals surface area contributed by atoms with Crippen molar-refractivity contribution in [3.8, 4) is 0 Å². The standard InChI is InChI=1S/C22H31N5O/c1-15-7-6-8-19(16(15)2)20-9-4-5-14-26(20)22(28)21-17(3)27(25-24-21)18-10-12-23-13-11-18/h6-8,18,20,23H,4-5,9-14H2,1-3H3. The number of benzene rings is 1. The molecular weight excluding hydrogens is 350 g/mol. The van der Waals surface area contributed by atoms with Gasteiger partial charge in [-0.1, -0.05) is 23.4 Å². The molecule has 4 rings (SSSR count). The van der Waals surface area contributed by atoms with Gasteiger partial charge in [0.1, 0.15) is 0 Å². The van der Waals surface area contributed by atoms with Crippen LogP contribution in [-0.4, -0.2) is 45.4 Å². The molecular formula is C22H31N5O. The molecule has 0 saturated carbocycles. The van der Waals surface area contributed by atoms with Gasteiger partial charge >= 0.3 is 0 Å². The zero-order valence-electron chi connectivity index (χ0n) is 17.2. The number of carbonyl (C=O) groups excluding carboxylic acids is 1. The number of rotatable bonds is 3. The second-order valence-electron chi connectivity index (χ2n) is 8.25. The molecule has 1 amide bonds. The van der Waals surface area contributed by atoms with Crippen LogP contribution in [0.2, 0.25) is 0 Å². The Kier molecular flexibility index (Phi) is 5.49. The van der Waals surface area contributed by atoms with Gasteiger partial charge in [0.05, 0.1) is 17.8 Å². The number of aromatic nitrogens is 3. The molecule has 0 spiro atoms. The predicted molar refractivity (Wildman–Crippen MR) is 109 cm³/mol. The summed E-state index contributed by atoms with van der Waals surface area (Å²) in [6.45, 7) is 9.08. The highest BCUT2D eigenvalue weighted by Gasteiger charge is 2.33. The molecule has 1 N–H and O–H groups in total. The first kappa shape index (κ1) is 19.1. The largest absolute Gasteiger partial charge is 0.330 e. The zero-order valence-corrected chi connectivity index (χ0v) is 17.2. The van der Waals surface area contributed by atoms with Crippen LogP contribution >= 0.6 is 0 Å². The molecule has 2 aliphatic rings. The third-order valence-electron chi connectivity index (χ3n) is 6.55. The number of piperidine rings is 2. The van der Waals surface area contributed by atoms with Crippen LogP contribution < -0.4 is 5.32 Å². The average molecular weight is 382 g/mol. The van der Waals surface area contributed by atoms with E-state index in [1.165, 1.54) is 16.7 Å². The van der Waals surface area contributed by atoms with E-state index in [2.05, 4.69) is 47.7 Å². The number of likely N-dealkylation sites (tertiary alicyclic amines) is 1. The number of nitrogens with zero attached hydrogens (tertiary/aromatic N) is 4. The number of amides is 1. The van der Waals surface area contributed by atoms with Gasteiger partial charge in [-0.3, -0.25) is 4.79 Å². The topological polar surface area (TPSA) is 63.1 Å². The van der Waals surface area contributed by atoms with Crippen LogP contribution in [0.15, 0.2) is 18.2 Å². The third kappa shape index (κ3) is 3.46. The van der Waals surface area contributed by atoms with Crippen LogP contribution in [0.25, 0.3) is 0 Å².